The van der Waals surface area contributed by atoms with Gasteiger partial charge in [-0.3, -0.25) is 0 Å². The van der Waals surface area contributed by atoms with E-state index in [0.29, 0.717) is 10.1 Å². The van der Waals surface area contributed by atoms with Gasteiger partial charge in [-0.25, -0.2) is 0 Å². The Kier molecular flexibility index (Phi) is 4.75. The van der Waals surface area contributed by atoms with Crippen molar-refractivity contribution in [2.75, 3.05) is 0 Å². The summed E-state index contributed by atoms with van der Waals surface area (Å²) in [5, 5.41) is 13.5. The van der Waals surface area contributed by atoms with Crippen LogP contribution in [-0.2, 0) is 12.3 Å². The summed E-state index contributed by atoms with van der Waals surface area (Å²) >= 11 is 8.81. The molecule has 8 heteroatoms. The number of hydrogen-bond acceptors (Lipinski definition) is 6. The molecule has 0 saturated carbocycles. The summed E-state index contributed by atoms with van der Waals surface area (Å²) in [4.78, 5) is 0. The van der Waals surface area contributed by atoms with Gasteiger partial charge in [0.1, 0.15) is 10.0 Å². The third-order valence-corrected chi connectivity index (χ3v) is 5.12. The molecule has 3 aromatic rings. The highest BCUT2D eigenvalue weighted by Crippen LogP contribution is 2.29. The van der Waals surface area contributed by atoms with E-state index in [9.17, 15) is 0 Å². The molecule has 5 nitrogen and oxygen atoms in total. The van der Waals surface area contributed by atoms with Crippen LogP contribution in [0.5, 0.6) is 0 Å². The van der Waals surface area contributed by atoms with Crippen LogP contribution < -0.4 is 0 Å². The van der Waals surface area contributed by atoms with Gasteiger partial charge in [0.2, 0.25) is 0 Å². The van der Waals surface area contributed by atoms with Gasteiger partial charge in [-0.2, -0.15) is 0 Å². The number of nitrogens with zero attached hydrogens (tertiary/aromatic N) is 5. The molecule has 0 aliphatic heterocycles. The highest BCUT2D eigenvalue weighted by molar-refractivity contribution is 7.98. The average molecular weight is 352 g/mol. The second-order valence-electron chi connectivity index (χ2n) is 4.70. The maximum Gasteiger partial charge on any atom is 0.191 e. The average Bonchev–Trinajstić information content (AvgIpc) is 3.10. The molecular weight excluding hydrogens is 338 g/mol. The van der Waals surface area contributed by atoms with Gasteiger partial charge in [-0.1, -0.05) is 51.6 Å². The molecule has 0 fully saturated rings. The summed E-state index contributed by atoms with van der Waals surface area (Å²) in [7, 11) is 0. The van der Waals surface area contributed by atoms with Crippen molar-refractivity contribution in [3.05, 3.63) is 39.9 Å². The Hall–Kier alpha value is -1.44. The van der Waals surface area contributed by atoms with Crippen LogP contribution in [0, 0.1) is 6.92 Å². The molecule has 114 valence electrons. The van der Waals surface area contributed by atoms with E-state index < -0.39 is 0 Å². The van der Waals surface area contributed by atoms with Crippen molar-refractivity contribution in [1.82, 2.24) is 24.4 Å². The number of rotatable bonds is 5. The minimum Gasteiger partial charge on any atom is -0.302 e. The van der Waals surface area contributed by atoms with Crippen molar-refractivity contribution in [1.29, 1.82) is 0 Å². The molecule has 2 aromatic heterocycles. The number of hydrogen-bond donors (Lipinski definition) is 0. The van der Waals surface area contributed by atoms with Gasteiger partial charge in [0, 0.05) is 29.4 Å². The minimum atomic E-state index is 0.633. The first-order chi connectivity index (χ1) is 10.7. The molecule has 0 aliphatic rings. The predicted molar refractivity (Wildman–Crippen MR) is 90.3 cm³/mol. The Bertz CT molecular complexity index is 783. The summed E-state index contributed by atoms with van der Waals surface area (Å²) in [6.07, 6.45) is 0. The topological polar surface area (TPSA) is 56.5 Å². The van der Waals surface area contributed by atoms with E-state index >= 15 is 0 Å². The lowest BCUT2D eigenvalue weighted by atomic mass is 10.1. The molecule has 0 bridgehead atoms. The lowest BCUT2D eigenvalue weighted by molar-refractivity contribution is 0.687. The quantitative estimate of drug-likeness (QED) is 0.648. The van der Waals surface area contributed by atoms with Crippen molar-refractivity contribution < 1.29 is 0 Å². The number of thioether (sulfide) groups is 1. The zero-order valence-electron chi connectivity index (χ0n) is 12.2. The van der Waals surface area contributed by atoms with Crippen molar-refractivity contribution >= 4 is 34.9 Å². The molecule has 1 aromatic carbocycles. The molecule has 0 radical (unpaired) electrons. The molecule has 22 heavy (non-hydrogen) atoms. The first-order valence-electron chi connectivity index (χ1n) is 6.78. The summed E-state index contributed by atoms with van der Waals surface area (Å²) in [5.74, 6) is 1.53. The van der Waals surface area contributed by atoms with Crippen LogP contribution in [0.1, 0.15) is 18.2 Å². The first kappa shape index (κ1) is 15.5. The Balaban J connectivity index is 1.86. The zero-order valence-corrected chi connectivity index (χ0v) is 14.5. The lowest BCUT2D eigenvalue weighted by Crippen LogP contribution is -2.00. The standard InChI is InChI=1S/C14H14ClN5S2/c1-3-20-13(10-6-4-5-9(2)7-10)17-18-14(20)21-8-11-12(15)22-19-16-11/h4-7H,3,8H2,1-2H3. The van der Waals surface area contributed by atoms with Crippen LogP contribution >= 0.6 is 34.9 Å². The zero-order chi connectivity index (χ0) is 15.5. The van der Waals surface area contributed by atoms with Gasteiger partial charge in [0.05, 0.1) is 0 Å². The van der Waals surface area contributed by atoms with E-state index in [1.807, 2.05) is 6.07 Å². The fraction of sp³-hybridized carbons (Fsp3) is 0.286. The minimum absolute atomic E-state index is 0.633. The van der Waals surface area contributed by atoms with Crippen LogP contribution in [0.3, 0.4) is 0 Å². The van der Waals surface area contributed by atoms with E-state index in [2.05, 4.69) is 56.4 Å². The maximum atomic E-state index is 6.04. The number of aryl methyl sites for hydroxylation is 1. The van der Waals surface area contributed by atoms with Crippen LogP contribution in [0.4, 0.5) is 0 Å². The second-order valence-corrected chi connectivity index (χ2v) is 7.00. The lowest BCUT2D eigenvalue weighted by Gasteiger charge is -2.07. The molecular formula is C14H14ClN5S2. The van der Waals surface area contributed by atoms with E-state index in [-0.39, 0.29) is 0 Å². The molecule has 0 N–H and O–H groups in total. The molecule has 2 heterocycles. The summed E-state index contributed by atoms with van der Waals surface area (Å²) in [5.41, 5.74) is 3.08. The monoisotopic (exact) mass is 351 g/mol. The van der Waals surface area contributed by atoms with Crippen LogP contribution in [0.15, 0.2) is 29.4 Å². The Morgan fingerprint density at radius 1 is 1.27 bits per heavy atom. The van der Waals surface area contributed by atoms with Crippen LogP contribution in [0.2, 0.25) is 4.34 Å². The van der Waals surface area contributed by atoms with E-state index in [1.165, 1.54) is 17.1 Å². The third-order valence-electron chi connectivity index (χ3n) is 3.16. The molecule has 0 saturated heterocycles. The second kappa shape index (κ2) is 6.76. The Morgan fingerprint density at radius 2 is 2.14 bits per heavy atom. The Morgan fingerprint density at radius 3 is 2.82 bits per heavy atom. The van der Waals surface area contributed by atoms with Gasteiger partial charge < -0.3 is 4.57 Å². The molecule has 0 unspecified atom stereocenters. The normalized spacial score (nSPS) is 11.0. The van der Waals surface area contributed by atoms with Crippen molar-refractivity contribution in [2.45, 2.75) is 31.3 Å². The first-order valence-corrected chi connectivity index (χ1v) is 8.92. The summed E-state index contributed by atoms with van der Waals surface area (Å²) in [6.45, 7) is 4.97. The van der Waals surface area contributed by atoms with Gasteiger partial charge in [-0.05, 0) is 19.9 Å². The SMILES string of the molecule is CCn1c(SCc2nnsc2Cl)nnc1-c1cccc(C)c1. The molecule has 3 rings (SSSR count). The van der Waals surface area contributed by atoms with E-state index in [1.54, 1.807) is 11.8 Å². The van der Waals surface area contributed by atoms with Crippen molar-refractivity contribution in [3.63, 3.8) is 0 Å². The van der Waals surface area contributed by atoms with Gasteiger partial charge >= 0.3 is 0 Å². The van der Waals surface area contributed by atoms with Crippen LogP contribution in [-0.4, -0.2) is 24.4 Å². The smallest absolute Gasteiger partial charge is 0.191 e. The number of benzene rings is 1. The van der Waals surface area contributed by atoms with E-state index in [0.717, 1.165) is 28.8 Å². The predicted octanol–water partition coefficient (Wildman–Crippen LogP) is 4.07. The van der Waals surface area contributed by atoms with Gasteiger partial charge in [0.25, 0.3) is 0 Å². The van der Waals surface area contributed by atoms with Crippen LogP contribution in [0.25, 0.3) is 11.4 Å². The molecule has 0 aliphatic carbocycles. The molecule has 0 spiro atoms. The maximum absolute atomic E-state index is 6.04. The number of aromatic nitrogens is 5. The largest absolute Gasteiger partial charge is 0.302 e. The third kappa shape index (κ3) is 3.16. The highest BCUT2D eigenvalue weighted by atomic mass is 35.5. The molecule has 0 atom stereocenters. The van der Waals surface area contributed by atoms with Gasteiger partial charge in [-0.15, -0.1) is 15.3 Å². The summed E-state index contributed by atoms with van der Waals surface area (Å²) < 4.78 is 6.58. The fourth-order valence-electron chi connectivity index (χ4n) is 2.09. The Labute approximate surface area is 141 Å². The van der Waals surface area contributed by atoms with Gasteiger partial charge in [0.15, 0.2) is 11.0 Å². The van der Waals surface area contributed by atoms with Crippen molar-refractivity contribution in [2.24, 2.45) is 0 Å². The highest BCUT2D eigenvalue weighted by Gasteiger charge is 2.15. The molecule has 0 amide bonds. The number of halogens is 1. The van der Waals surface area contributed by atoms with Crippen molar-refractivity contribution in [3.8, 4) is 11.4 Å². The van der Waals surface area contributed by atoms with E-state index in [4.69, 9.17) is 11.6 Å². The fourth-order valence-corrected chi connectivity index (χ4v) is 3.83. The summed E-state index contributed by atoms with van der Waals surface area (Å²) in [6, 6.07) is 8.28.